The van der Waals surface area contributed by atoms with Crippen LogP contribution in [0, 0.1) is 17.8 Å². The highest BCUT2D eigenvalue weighted by Crippen LogP contribution is 2.28. The SMILES string of the molecule is CC[C@H](C)[C@H](NC(=O)OC(C)(C)C)C(=O)N(C)[C@H](C[C@@H](O)c1nc(C(=O)N[C@@H](Cc2ccccc2)C[C@H](C)C(=O)OC)cs1)C(C)C. The van der Waals surface area contributed by atoms with Crippen LogP contribution in [0.15, 0.2) is 35.7 Å². The van der Waals surface area contributed by atoms with Crippen molar-refractivity contribution < 1.29 is 33.8 Å². The van der Waals surface area contributed by atoms with Gasteiger partial charge >= 0.3 is 12.1 Å². The van der Waals surface area contributed by atoms with Crippen LogP contribution in [-0.2, 0) is 25.5 Å². The summed E-state index contributed by atoms with van der Waals surface area (Å²) in [5.74, 6) is -1.65. The lowest BCUT2D eigenvalue weighted by Gasteiger charge is -2.36. The molecule has 2 rings (SSSR count). The van der Waals surface area contributed by atoms with Crippen molar-refractivity contribution in [1.82, 2.24) is 20.5 Å². The van der Waals surface area contributed by atoms with Gasteiger partial charge in [0.15, 0.2) is 0 Å². The fourth-order valence-electron chi connectivity index (χ4n) is 5.33. The Bertz CT molecular complexity index is 1310. The minimum Gasteiger partial charge on any atom is -0.469 e. The number of esters is 1. The number of hydrogen-bond donors (Lipinski definition) is 3. The number of likely N-dealkylation sites (N-methyl/N-ethyl adjacent to an activating group) is 1. The number of amides is 3. The van der Waals surface area contributed by atoms with Crippen LogP contribution in [0.5, 0.6) is 0 Å². The van der Waals surface area contributed by atoms with Crippen LogP contribution in [0.25, 0.3) is 0 Å². The molecule has 0 saturated carbocycles. The van der Waals surface area contributed by atoms with Gasteiger partial charge in [0.1, 0.15) is 28.4 Å². The van der Waals surface area contributed by atoms with Gasteiger partial charge in [-0.25, -0.2) is 9.78 Å². The number of benzene rings is 1. The summed E-state index contributed by atoms with van der Waals surface area (Å²) in [7, 11) is 3.02. The molecular weight excluding hydrogens is 620 g/mol. The zero-order chi connectivity index (χ0) is 35.5. The van der Waals surface area contributed by atoms with Gasteiger partial charge in [-0.05, 0) is 51.0 Å². The third kappa shape index (κ3) is 12.6. The molecule has 6 atom stereocenters. The van der Waals surface area contributed by atoms with Gasteiger partial charge in [0.25, 0.3) is 5.91 Å². The topological polar surface area (TPSA) is 147 Å². The highest BCUT2D eigenvalue weighted by atomic mass is 32.1. The van der Waals surface area contributed by atoms with Crippen molar-refractivity contribution in [3.05, 3.63) is 52.0 Å². The van der Waals surface area contributed by atoms with Gasteiger partial charge < -0.3 is 30.1 Å². The van der Waals surface area contributed by atoms with Crippen molar-refractivity contribution in [2.45, 2.75) is 111 Å². The fraction of sp³-hybridized carbons (Fsp3) is 0.629. The molecule has 0 fully saturated rings. The number of aliphatic hydroxyl groups is 1. The van der Waals surface area contributed by atoms with E-state index in [0.29, 0.717) is 24.3 Å². The second-order valence-electron chi connectivity index (χ2n) is 13.6. The van der Waals surface area contributed by atoms with Gasteiger partial charge in [0.2, 0.25) is 5.91 Å². The smallest absolute Gasteiger partial charge is 0.408 e. The molecule has 1 heterocycles. The molecular formula is C35H54N4O7S. The predicted molar refractivity (Wildman–Crippen MR) is 183 cm³/mol. The third-order valence-electron chi connectivity index (χ3n) is 8.17. The molecule has 3 N–H and O–H groups in total. The van der Waals surface area contributed by atoms with E-state index < -0.39 is 35.7 Å². The number of aliphatic hydroxyl groups excluding tert-OH is 1. The summed E-state index contributed by atoms with van der Waals surface area (Å²) in [5.41, 5.74) is 0.466. The Morgan fingerprint density at radius 1 is 1.02 bits per heavy atom. The number of ether oxygens (including phenoxy) is 2. The Hall–Kier alpha value is -3.51. The van der Waals surface area contributed by atoms with Gasteiger partial charge in [0, 0.05) is 30.9 Å². The first-order chi connectivity index (χ1) is 22.0. The van der Waals surface area contributed by atoms with Crippen LogP contribution in [0.2, 0.25) is 0 Å². The summed E-state index contributed by atoms with van der Waals surface area (Å²) in [4.78, 5) is 57.8. The van der Waals surface area contributed by atoms with E-state index in [9.17, 15) is 24.3 Å². The molecule has 1 aromatic carbocycles. The number of alkyl carbamates (subject to hydrolysis) is 1. The average molecular weight is 675 g/mol. The first-order valence-corrected chi connectivity index (χ1v) is 17.2. The van der Waals surface area contributed by atoms with Crippen molar-refractivity contribution in [3.8, 4) is 0 Å². The molecule has 262 valence electrons. The maximum atomic E-state index is 13.8. The third-order valence-corrected chi connectivity index (χ3v) is 9.12. The van der Waals surface area contributed by atoms with E-state index in [1.807, 2.05) is 58.0 Å². The summed E-state index contributed by atoms with van der Waals surface area (Å²) < 4.78 is 10.3. The molecule has 0 saturated heterocycles. The first-order valence-electron chi connectivity index (χ1n) is 16.3. The quantitative estimate of drug-likeness (QED) is 0.197. The molecule has 1 aromatic heterocycles. The maximum absolute atomic E-state index is 13.8. The first kappa shape index (κ1) is 39.7. The van der Waals surface area contributed by atoms with E-state index in [1.54, 1.807) is 45.0 Å². The van der Waals surface area contributed by atoms with Crippen LogP contribution >= 0.6 is 11.3 Å². The molecule has 0 bridgehead atoms. The molecule has 0 unspecified atom stereocenters. The standard InChI is InChI=1S/C35H54N4O7S/c1-11-22(4)29(38-34(44)46-35(6,7)8)32(42)39(9)27(21(2)3)19-28(40)31-37-26(20-47-31)30(41)36-25(17-23(5)33(43)45-10)18-24-15-13-12-14-16-24/h12-16,20-23,25,27-29,40H,11,17-19H2,1-10H3,(H,36,41)(H,38,44)/t22-,23-,25+,27+,28+,29-/m0/s1. The minimum absolute atomic E-state index is 0.0315. The lowest BCUT2D eigenvalue weighted by atomic mass is 9.93. The number of carbonyl (C=O) groups excluding carboxylic acids is 4. The summed E-state index contributed by atoms with van der Waals surface area (Å²) in [6.07, 6.45) is 0.0390. The average Bonchev–Trinajstić information content (AvgIpc) is 3.51. The number of hydrogen-bond acceptors (Lipinski definition) is 9. The Kier molecular flexibility index (Phi) is 15.3. The summed E-state index contributed by atoms with van der Waals surface area (Å²) in [6, 6.07) is 8.13. The largest absolute Gasteiger partial charge is 0.469 e. The van der Waals surface area contributed by atoms with E-state index in [2.05, 4.69) is 15.6 Å². The minimum atomic E-state index is -1.04. The molecule has 12 heteroatoms. The number of aromatic nitrogens is 1. The summed E-state index contributed by atoms with van der Waals surface area (Å²) >= 11 is 1.17. The lowest BCUT2D eigenvalue weighted by molar-refractivity contribution is -0.145. The van der Waals surface area contributed by atoms with E-state index in [4.69, 9.17) is 9.47 Å². The van der Waals surface area contributed by atoms with Crippen LogP contribution < -0.4 is 10.6 Å². The summed E-state index contributed by atoms with van der Waals surface area (Å²) in [5, 5.41) is 19.0. The van der Waals surface area contributed by atoms with Gasteiger partial charge in [-0.1, -0.05) is 71.4 Å². The molecule has 0 radical (unpaired) electrons. The van der Waals surface area contributed by atoms with Crippen molar-refractivity contribution in [2.75, 3.05) is 14.2 Å². The molecule has 0 aliphatic rings. The lowest BCUT2D eigenvalue weighted by Crippen LogP contribution is -2.54. The second-order valence-corrected chi connectivity index (χ2v) is 14.5. The molecule has 3 amide bonds. The van der Waals surface area contributed by atoms with Gasteiger partial charge in [0.05, 0.1) is 13.0 Å². The van der Waals surface area contributed by atoms with Crippen molar-refractivity contribution in [1.29, 1.82) is 0 Å². The summed E-state index contributed by atoms with van der Waals surface area (Å²) in [6.45, 7) is 14.8. The molecule has 11 nitrogen and oxygen atoms in total. The van der Waals surface area contributed by atoms with Crippen molar-refractivity contribution in [2.24, 2.45) is 17.8 Å². The molecule has 47 heavy (non-hydrogen) atoms. The van der Waals surface area contributed by atoms with Gasteiger partial charge in [-0.15, -0.1) is 11.3 Å². The van der Waals surface area contributed by atoms with Crippen LogP contribution in [-0.4, -0.2) is 76.8 Å². The Morgan fingerprint density at radius 3 is 2.21 bits per heavy atom. The molecule has 0 aliphatic heterocycles. The highest BCUT2D eigenvalue weighted by molar-refractivity contribution is 7.09. The van der Waals surface area contributed by atoms with E-state index >= 15 is 0 Å². The molecule has 2 aromatic rings. The monoisotopic (exact) mass is 674 g/mol. The Labute approximate surface area is 283 Å². The highest BCUT2D eigenvalue weighted by Gasteiger charge is 2.35. The molecule has 0 aliphatic carbocycles. The van der Waals surface area contributed by atoms with Crippen LogP contribution in [0.1, 0.15) is 102 Å². The molecule has 0 spiro atoms. The second kappa shape index (κ2) is 18.1. The van der Waals surface area contributed by atoms with Crippen molar-refractivity contribution >= 4 is 35.2 Å². The number of methoxy groups -OCH3 is 1. The fourth-order valence-corrected chi connectivity index (χ4v) is 6.12. The van der Waals surface area contributed by atoms with Gasteiger partial charge in [-0.2, -0.15) is 0 Å². The number of nitrogens with zero attached hydrogens (tertiary/aromatic N) is 2. The Morgan fingerprint density at radius 2 is 1.66 bits per heavy atom. The number of rotatable bonds is 16. The van der Waals surface area contributed by atoms with Crippen LogP contribution in [0.3, 0.4) is 0 Å². The predicted octanol–water partition coefficient (Wildman–Crippen LogP) is 5.53. The number of thiazole rings is 1. The Balaban J connectivity index is 2.18. The number of carbonyl (C=O) groups is 4. The van der Waals surface area contributed by atoms with E-state index in [-0.39, 0.29) is 47.9 Å². The van der Waals surface area contributed by atoms with E-state index in [0.717, 1.165) is 5.56 Å². The zero-order valence-corrected chi connectivity index (χ0v) is 30.3. The van der Waals surface area contributed by atoms with Gasteiger partial charge in [-0.3, -0.25) is 14.4 Å². The zero-order valence-electron chi connectivity index (χ0n) is 29.5. The normalized spacial score (nSPS) is 15.5. The number of nitrogens with one attached hydrogen (secondary N) is 2. The van der Waals surface area contributed by atoms with Crippen LogP contribution in [0.4, 0.5) is 4.79 Å². The van der Waals surface area contributed by atoms with E-state index in [1.165, 1.54) is 18.4 Å². The van der Waals surface area contributed by atoms with Crippen molar-refractivity contribution in [3.63, 3.8) is 0 Å². The maximum Gasteiger partial charge on any atom is 0.408 e.